The number of aryl methyl sites for hydroxylation is 2. The zero-order valence-corrected chi connectivity index (χ0v) is 34.1. The first-order valence-corrected chi connectivity index (χ1v) is 20.3. The molecule has 8 rings (SSSR count). The summed E-state index contributed by atoms with van der Waals surface area (Å²) in [5.41, 5.74) is 4.21. The van der Waals surface area contributed by atoms with Crippen molar-refractivity contribution in [1.82, 2.24) is 15.0 Å². The van der Waals surface area contributed by atoms with E-state index in [4.69, 9.17) is 23.5 Å². The highest BCUT2D eigenvalue weighted by molar-refractivity contribution is 5.95. The number of carbonyl (C=O) groups excluding carboxylic acids is 1. The van der Waals surface area contributed by atoms with E-state index in [0.717, 1.165) is 16.7 Å². The van der Waals surface area contributed by atoms with Crippen LogP contribution in [0.3, 0.4) is 0 Å². The molecule has 6 aromatic rings. The molecule has 2 aliphatic heterocycles. The van der Waals surface area contributed by atoms with Crippen molar-refractivity contribution in [1.29, 1.82) is 0 Å². The minimum atomic E-state index is -3.18. The Morgan fingerprint density at radius 2 is 1.73 bits per heavy atom. The summed E-state index contributed by atoms with van der Waals surface area (Å²) >= 11 is 0. The van der Waals surface area contributed by atoms with E-state index >= 15 is 0 Å². The van der Waals surface area contributed by atoms with E-state index in [2.05, 4.69) is 10.3 Å². The maximum atomic E-state index is 13.7. The van der Waals surface area contributed by atoms with Gasteiger partial charge in [0, 0.05) is 35.9 Å². The average Bonchev–Trinajstić information content (AvgIpc) is 3.85. The number of nitrogens with one attached hydrogen (secondary N) is 2. The van der Waals surface area contributed by atoms with Crippen LogP contribution in [0.4, 0.5) is 0 Å². The molecular weight excluding hydrogens is 823 g/mol. The van der Waals surface area contributed by atoms with Gasteiger partial charge in [0.05, 0.1) is 22.7 Å². The molecule has 9 unspecified atom stereocenters. The second-order valence-electron chi connectivity index (χ2n) is 16.1. The first kappa shape index (κ1) is 43.4. The standard InChI is InChI=1S/C45H47N3O15/c1-22-14-23(2)16-27(15-22)36-35-25(11-13-47-35)18-48(36)63-40-38(53)39(54)41(45(58,21-50)62-43(57)33(42(55)56)34-26(19-49)4-3-12-46-34)61-44(40)60-29-9-10-30-32(17-29)59-20-31(37(30)52)24-5-7-28(51)8-6-24/h5-11,13-18,20,26,33-34,38-41,44,46-47,49-51,53-54,58H,3-4,12,19,21H2,1-2H3,(H,55,56). The Morgan fingerprint density at radius 1 is 0.984 bits per heavy atom. The summed E-state index contributed by atoms with van der Waals surface area (Å²) in [6, 6.07) is 16.7. The van der Waals surface area contributed by atoms with Gasteiger partial charge in [-0.1, -0.05) is 29.3 Å². The van der Waals surface area contributed by atoms with Crippen LogP contribution in [-0.2, 0) is 19.1 Å². The predicted octanol–water partition coefficient (Wildman–Crippen LogP) is 2.34. The predicted molar refractivity (Wildman–Crippen MR) is 223 cm³/mol. The number of rotatable bonds is 13. The number of piperidine rings is 1. The molecule has 63 heavy (non-hydrogen) atoms. The molecule has 2 aliphatic rings. The summed E-state index contributed by atoms with van der Waals surface area (Å²) in [4.78, 5) is 49.4. The Morgan fingerprint density at radius 3 is 2.43 bits per heavy atom. The van der Waals surface area contributed by atoms with Crippen molar-refractivity contribution in [3.8, 4) is 33.9 Å². The van der Waals surface area contributed by atoms with Crippen molar-refractivity contribution in [3.63, 3.8) is 0 Å². The molecule has 18 nitrogen and oxygen atoms in total. The SMILES string of the molecule is Cc1cc(C)cc(-c2c3[nH]ccc3cn2OC2C(Oc3ccc4c(=O)c(-c5ccc(O)cc5)coc4c3)OC(C(O)(CO)OC(=O)C(C(=O)O)C3NCCCC3CO)C(O)C2O)c1. The first-order valence-electron chi connectivity index (χ1n) is 20.3. The van der Waals surface area contributed by atoms with Gasteiger partial charge in [-0.2, -0.15) is 4.73 Å². The Balaban J connectivity index is 1.16. The number of aromatic nitrogens is 2. The summed E-state index contributed by atoms with van der Waals surface area (Å²) in [5.74, 6) is -8.99. The normalized spacial score (nSPS) is 24.1. The van der Waals surface area contributed by atoms with Gasteiger partial charge in [-0.05, 0) is 87.2 Å². The van der Waals surface area contributed by atoms with E-state index in [9.17, 15) is 50.1 Å². The Hall–Kier alpha value is -6.25. The smallest absolute Gasteiger partial charge is 0.324 e. The largest absolute Gasteiger partial charge is 0.508 e. The average molecular weight is 870 g/mol. The monoisotopic (exact) mass is 869 g/mol. The highest BCUT2D eigenvalue weighted by Crippen LogP contribution is 2.36. The van der Waals surface area contributed by atoms with E-state index < -0.39 is 85.0 Å². The second-order valence-corrected chi connectivity index (χ2v) is 16.1. The lowest BCUT2D eigenvalue weighted by molar-refractivity contribution is -0.356. The fourth-order valence-corrected chi connectivity index (χ4v) is 8.56. The van der Waals surface area contributed by atoms with Crippen molar-refractivity contribution in [2.45, 2.75) is 69.2 Å². The van der Waals surface area contributed by atoms with Gasteiger partial charge >= 0.3 is 11.9 Å². The maximum Gasteiger partial charge on any atom is 0.324 e. The molecule has 0 spiro atoms. The fourth-order valence-electron chi connectivity index (χ4n) is 8.56. The minimum absolute atomic E-state index is 0.0154. The number of H-pyrrole nitrogens is 1. The number of phenols is 1. The number of nitrogens with zero attached hydrogens (tertiary/aromatic N) is 1. The van der Waals surface area contributed by atoms with Crippen LogP contribution in [-0.4, -0.2) is 120 Å². The third-order valence-corrected chi connectivity index (χ3v) is 11.6. The molecule has 0 amide bonds. The highest BCUT2D eigenvalue weighted by atomic mass is 16.8. The molecule has 18 heteroatoms. The van der Waals surface area contributed by atoms with Crippen molar-refractivity contribution in [2.24, 2.45) is 11.8 Å². The number of carboxylic acids is 1. The zero-order valence-electron chi connectivity index (χ0n) is 34.1. The lowest BCUT2D eigenvalue weighted by Gasteiger charge is -2.46. The van der Waals surface area contributed by atoms with Crippen LogP contribution < -0.4 is 20.3 Å². The van der Waals surface area contributed by atoms with Gasteiger partial charge < -0.3 is 69.5 Å². The minimum Gasteiger partial charge on any atom is -0.508 e. The van der Waals surface area contributed by atoms with Gasteiger partial charge in [0.15, 0.2) is 17.5 Å². The quantitative estimate of drug-likeness (QED) is 0.0458. The summed E-state index contributed by atoms with van der Waals surface area (Å²) in [6.45, 7) is 2.30. The molecule has 2 saturated heterocycles. The molecule has 0 radical (unpaired) electrons. The molecule has 3 aromatic carbocycles. The molecule has 3 aromatic heterocycles. The number of aromatic hydroxyl groups is 1. The van der Waals surface area contributed by atoms with Crippen LogP contribution in [0.25, 0.3) is 44.3 Å². The van der Waals surface area contributed by atoms with Crippen molar-refractivity contribution >= 4 is 33.8 Å². The highest BCUT2D eigenvalue weighted by Gasteiger charge is 2.58. The molecule has 9 N–H and O–H groups in total. The number of phenolic OH excluding ortho intramolecular Hbond substituents is 1. The van der Waals surface area contributed by atoms with Crippen LogP contribution in [0.5, 0.6) is 11.5 Å². The number of carboxylic acid groups (broad SMARTS) is 1. The number of carbonyl (C=O) groups is 2. The lowest BCUT2D eigenvalue weighted by atomic mass is 9.83. The van der Waals surface area contributed by atoms with Crippen LogP contribution in [0.1, 0.15) is 24.0 Å². The molecule has 9 atom stereocenters. The maximum absolute atomic E-state index is 13.7. The third-order valence-electron chi connectivity index (χ3n) is 11.6. The number of aliphatic carboxylic acids is 1. The van der Waals surface area contributed by atoms with Crippen molar-refractivity contribution in [2.75, 3.05) is 19.8 Å². The zero-order chi connectivity index (χ0) is 44.7. The molecule has 0 saturated carbocycles. The van der Waals surface area contributed by atoms with E-state index in [1.54, 1.807) is 30.6 Å². The molecule has 0 bridgehead atoms. The molecule has 5 heterocycles. The fraction of sp³-hybridized carbons (Fsp3) is 0.356. The van der Waals surface area contributed by atoms with E-state index in [1.807, 2.05) is 32.0 Å². The van der Waals surface area contributed by atoms with Gasteiger partial charge in [0.2, 0.25) is 12.4 Å². The van der Waals surface area contributed by atoms with Gasteiger partial charge in [-0.25, -0.2) is 0 Å². The molecule has 0 aliphatic carbocycles. The number of hydrogen-bond acceptors (Lipinski definition) is 15. The van der Waals surface area contributed by atoms with Crippen molar-refractivity contribution < 1.29 is 68.8 Å². The number of ether oxygens (including phenoxy) is 3. The number of aromatic amines is 1. The lowest BCUT2D eigenvalue weighted by Crippen LogP contribution is -2.69. The number of aliphatic hydroxyl groups excluding tert-OH is 4. The molecular formula is C45H47N3O15. The summed E-state index contributed by atoms with van der Waals surface area (Å²) in [7, 11) is 0. The van der Waals surface area contributed by atoms with Gasteiger partial charge in [0.25, 0.3) is 5.79 Å². The van der Waals surface area contributed by atoms with Gasteiger partial charge in [-0.15, -0.1) is 0 Å². The van der Waals surface area contributed by atoms with Crippen LogP contribution >= 0.6 is 0 Å². The number of benzene rings is 3. The number of hydrogen-bond donors (Lipinski definition) is 9. The van der Waals surface area contributed by atoms with Crippen LogP contribution in [0.15, 0.2) is 94.6 Å². The molecule has 2 fully saturated rings. The third kappa shape index (κ3) is 8.37. The molecule has 332 valence electrons. The summed E-state index contributed by atoms with van der Waals surface area (Å²) in [5, 5.41) is 79.6. The topological polar surface area (TPSA) is 276 Å². The van der Waals surface area contributed by atoms with Crippen LogP contribution in [0.2, 0.25) is 0 Å². The number of fused-ring (bicyclic) bond motifs is 2. The van der Waals surface area contributed by atoms with E-state index in [0.29, 0.717) is 41.5 Å². The number of esters is 1. The van der Waals surface area contributed by atoms with Gasteiger partial charge in [-0.3, -0.25) is 14.4 Å². The Labute approximate surface area is 358 Å². The Kier molecular flexibility index (Phi) is 12.0. The number of aliphatic hydroxyl groups is 5. The van der Waals surface area contributed by atoms with Gasteiger partial charge in [0.1, 0.15) is 47.9 Å². The van der Waals surface area contributed by atoms with Crippen molar-refractivity contribution in [3.05, 3.63) is 107 Å². The van der Waals surface area contributed by atoms with E-state index in [-0.39, 0.29) is 28.0 Å². The summed E-state index contributed by atoms with van der Waals surface area (Å²) in [6.07, 6.45) is -4.26. The first-order chi connectivity index (χ1) is 30.2. The second kappa shape index (κ2) is 17.5. The Bertz CT molecular complexity index is 2670. The summed E-state index contributed by atoms with van der Waals surface area (Å²) < 4.78 is 24.9. The van der Waals surface area contributed by atoms with Crippen LogP contribution in [0, 0.1) is 25.7 Å². The van der Waals surface area contributed by atoms with E-state index in [1.165, 1.54) is 41.3 Å².